The molecule has 1 aromatic carbocycles. The molecule has 0 N–H and O–H groups in total. The van der Waals surface area contributed by atoms with Gasteiger partial charge in [-0.25, -0.2) is 4.99 Å². The summed E-state index contributed by atoms with van der Waals surface area (Å²) < 4.78 is 6.63. The minimum absolute atomic E-state index is 0.381. The molecule has 0 unspecified atom stereocenters. The summed E-state index contributed by atoms with van der Waals surface area (Å²) in [6, 6.07) is 10.1. The molecule has 3 nitrogen and oxygen atoms in total. The molecule has 0 bridgehead atoms. The SMILES string of the molecule is Cc1oc(N=Cc2ccc(I)cc2)c(C#N)c1C. The van der Waals surface area contributed by atoms with E-state index in [9.17, 15) is 0 Å². The number of rotatable bonds is 2. The number of benzene rings is 1. The zero-order valence-corrected chi connectivity index (χ0v) is 12.2. The normalized spacial score (nSPS) is 10.8. The van der Waals surface area contributed by atoms with Crippen LogP contribution in [0.2, 0.25) is 0 Å². The van der Waals surface area contributed by atoms with Gasteiger partial charge in [0.05, 0.1) is 0 Å². The molecule has 0 saturated heterocycles. The Hall–Kier alpha value is -1.61. The van der Waals surface area contributed by atoms with E-state index < -0.39 is 0 Å². The summed E-state index contributed by atoms with van der Waals surface area (Å²) in [5.41, 5.74) is 2.34. The zero-order valence-electron chi connectivity index (χ0n) is 10.1. The first-order valence-corrected chi connectivity index (χ1v) is 6.49. The van der Waals surface area contributed by atoms with Crippen molar-refractivity contribution in [1.29, 1.82) is 5.26 Å². The van der Waals surface area contributed by atoms with Crippen LogP contribution in [0.15, 0.2) is 33.7 Å². The molecule has 0 saturated carbocycles. The molecule has 0 radical (unpaired) electrons. The van der Waals surface area contributed by atoms with E-state index >= 15 is 0 Å². The highest BCUT2D eigenvalue weighted by molar-refractivity contribution is 14.1. The average Bonchev–Trinajstić information content (AvgIpc) is 2.64. The van der Waals surface area contributed by atoms with Gasteiger partial charge in [-0.1, -0.05) is 12.1 Å². The van der Waals surface area contributed by atoms with E-state index in [1.54, 1.807) is 6.21 Å². The third kappa shape index (κ3) is 2.62. The average molecular weight is 350 g/mol. The number of halogens is 1. The number of nitrogens with zero attached hydrogens (tertiary/aromatic N) is 2. The predicted octanol–water partition coefficient (Wildman–Crippen LogP) is 4.12. The highest BCUT2D eigenvalue weighted by atomic mass is 127. The fourth-order valence-electron chi connectivity index (χ4n) is 1.51. The maximum Gasteiger partial charge on any atom is 0.237 e. The van der Waals surface area contributed by atoms with Crippen LogP contribution in [0.25, 0.3) is 0 Å². The first kappa shape index (κ1) is 12.8. The van der Waals surface area contributed by atoms with Crippen LogP contribution < -0.4 is 0 Å². The lowest BCUT2D eigenvalue weighted by Crippen LogP contribution is -1.81. The molecule has 1 heterocycles. The second-order valence-electron chi connectivity index (χ2n) is 3.88. The monoisotopic (exact) mass is 350 g/mol. The van der Waals surface area contributed by atoms with Gasteiger partial charge in [-0.3, -0.25) is 0 Å². The molecule has 90 valence electrons. The maximum absolute atomic E-state index is 9.06. The van der Waals surface area contributed by atoms with Crippen LogP contribution in [0, 0.1) is 28.7 Å². The minimum atomic E-state index is 0.381. The molecule has 0 fully saturated rings. The van der Waals surface area contributed by atoms with E-state index in [0.29, 0.717) is 11.4 Å². The topological polar surface area (TPSA) is 49.3 Å². The summed E-state index contributed by atoms with van der Waals surface area (Å²) in [4.78, 5) is 4.24. The fourth-order valence-corrected chi connectivity index (χ4v) is 1.87. The summed E-state index contributed by atoms with van der Waals surface area (Å²) in [6.45, 7) is 3.70. The van der Waals surface area contributed by atoms with Crippen molar-refractivity contribution in [2.45, 2.75) is 13.8 Å². The fraction of sp³-hybridized carbons (Fsp3) is 0.143. The Morgan fingerprint density at radius 2 is 1.94 bits per heavy atom. The second kappa shape index (κ2) is 5.36. The second-order valence-corrected chi connectivity index (χ2v) is 5.13. The smallest absolute Gasteiger partial charge is 0.237 e. The molecule has 18 heavy (non-hydrogen) atoms. The van der Waals surface area contributed by atoms with Gasteiger partial charge in [0.1, 0.15) is 17.4 Å². The summed E-state index contributed by atoms with van der Waals surface area (Å²) in [6.07, 6.45) is 1.70. The van der Waals surface area contributed by atoms with Gasteiger partial charge >= 0.3 is 0 Å². The van der Waals surface area contributed by atoms with E-state index in [1.807, 2.05) is 38.1 Å². The van der Waals surface area contributed by atoms with Gasteiger partial charge in [0, 0.05) is 15.3 Å². The lowest BCUT2D eigenvalue weighted by Gasteiger charge is -1.93. The third-order valence-corrected chi connectivity index (χ3v) is 3.40. The molecule has 0 amide bonds. The number of aryl methyl sites for hydroxylation is 1. The zero-order chi connectivity index (χ0) is 13.1. The molecular formula is C14H11IN2O. The molecule has 2 aromatic rings. The highest BCUT2D eigenvalue weighted by Gasteiger charge is 2.12. The Labute approximate surface area is 119 Å². The van der Waals surface area contributed by atoms with Crippen LogP contribution in [0.1, 0.15) is 22.5 Å². The molecular weight excluding hydrogens is 339 g/mol. The molecule has 2 rings (SSSR count). The van der Waals surface area contributed by atoms with Crippen molar-refractivity contribution < 1.29 is 4.42 Å². The summed E-state index contributed by atoms with van der Waals surface area (Å²) in [7, 11) is 0. The van der Waals surface area contributed by atoms with E-state index in [4.69, 9.17) is 9.68 Å². The van der Waals surface area contributed by atoms with Gasteiger partial charge in [-0.05, 0) is 54.1 Å². The Bertz CT molecular complexity index is 633. The molecule has 0 aliphatic heterocycles. The van der Waals surface area contributed by atoms with E-state index in [-0.39, 0.29) is 0 Å². The molecule has 0 spiro atoms. The quantitative estimate of drug-likeness (QED) is 0.604. The molecule has 1 aromatic heterocycles. The Morgan fingerprint density at radius 1 is 1.28 bits per heavy atom. The number of hydrogen-bond donors (Lipinski definition) is 0. The van der Waals surface area contributed by atoms with Gasteiger partial charge in [0.25, 0.3) is 0 Å². The van der Waals surface area contributed by atoms with Crippen LogP contribution in [-0.2, 0) is 0 Å². The van der Waals surface area contributed by atoms with Gasteiger partial charge < -0.3 is 4.42 Å². The molecule has 0 aliphatic carbocycles. The Kier molecular flexibility index (Phi) is 3.82. The van der Waals surface area contributed by atoms with Crippen molar-refractivity contribution in [3.05, 3.63) is 50.3 Å². The van der Waals surface area contributed by atoms with Crippen LogP contribution in [-0.4, -0.2) is 6.21 Å². The summed E-state index contributed by atoms with van der Waals surface area (Å²) in [5.74, 6) is 1.12. The van der Waals surface area contributed by atoms with Crippen LogP contribution in [0.5, 0.6) is 0 Å². The summed E-state index contributed by atoms with van der Waals surface area (Å²) >= 11 is 2.25. The van der Waals surface area contributed by atoms with Crippen molar-refractivity contribution in [3.63, 3.8) is 0 Å². The van der Waals surface area contributed by atoms with Crippen molar-refractivity contribution >= 4 is 34.7 Å². The van der Waals surface area contributed by atoms with Crippen LogP contribution >= 0.6 is 22.6 Å². The standard InChI is InChI=1S/C14H11IN2O/c1-9-10(2)18-14(13(9)7-16)17-8-11-3-5-12(15)6-4-11/h3-6,8H,1-2H3. The number of hydrogen-bond acceptors (Lipinski definition) is 3. The largest absolute Gasteiger partial charge is 0.442 e. The van der Waals surface area contributed by atoms with E-state index in [0.717, 1.165) is 16.9 Å². The predicted molar refractivity (Wildman–Crippen MR) is 79.3 cm³/mol. The van der Waals surface area contributed by atoms with Gasteiger partial charge in [0.2, 0.25) is 5.88 Å². The third-order valence-electron chi connectivity index (χ3n) is 2.68. The highest BCUT2D eigenvalue weighted by Crippen LogP contribution is 2.27. The number of nitriles is 1. The van der Waals surface area contributed by atoms with Gasteiger partial charge in [0.15, 0.2) is 0 Å². The maximum atomic E-state index is 9.06. The van der Waals surface area contributed by atoms with Crippen LogP contribution in [0.3, 0.4) is 0 Å². The molecule has 4 heteroatoms. The first-order valence-electron chi connectivity index (χ1n) is 5.41. The van der Waals surface area contributed by atoms with E-state index in [2.05, 4.69) is 33.7 Å². The van der Waals surface area contributed by atoms with Crippen LogP contribution in [0.4, 0.5) is 5.88 Å². The van der Waals surface area contributed by atoms with Gasteiger partial charge in [-0.15, -0.1) is 0 Å². The first-order chi connectivity index (χ1) is 8.61. The van der Waals surface area contributed by atoms with E-state index in [1.165, 1.54) is 3.57 Å². The summed E-state index contributed by atoms with van der Waals surface area (Å²) in [5, 5.41) is 9.06. The number of aliphatic imine (C=N–C) groups is 1. The Balaban J connectivity index is 2.32. The minimum Gasteiger partial charge on any atom is -0.442 e. The molecule has 0 aliphatic rings. The van der Waals surface area contributed by atoms with Crippen molar-refractivity contribution in [3.8, 4) is 6.07 Å². The molecule has 0 atom stereocenters. The lowest BCUT2D eigenvalue weighted by atomic mass is 10.2. The van der Waals surface area contributed by atoms with Crippen molar-refractivity contribution in [2.75, 3.05) is 0 Å². The van der Waals surface area contributed by atoms with Crippen molar-refractivity contribution in [2.24, 2.45) is 4.99 Å². The number of furan rings is 1. The lowest BCUT2D eigenvalue weighted by molar-refractivity contribution is 0.542. The van der Waals surface area contributed by atoms with Crippen molar-refractivity contribution in [1.82, 2.24) is 0 Å². The van der Waals surface area contributed by atoms with Gasteiger partial charge in [-0.2, -0.15) is 5.26 Å². The Morgan fingerprint density at radius 3 is 2.56 bits per heavy atom.